The van der Waals surface area contributed by atoms with Crippen LogP contribution in [0.25, 0.3) is 0 Å². The summed E-state index contributed by atoms with van der Waals surface area (Å²) >= 11 is 0. The van der Waals surface area contributed by atoms with Crippen molar-refractivity contribution in [1.29, 1.82) is 0 Å². The number of nitrogens with zero attached hydrogens (tertiary/aromatic N) is 2. The lowest BCUT2D eigenvalue weighted by Gasteiger charge is -2.29. The molecule has 106 heavy (non-hydrogen) atoms. The zero-order valence-electron chi connectivity index (χ0n) is 61.6. The van der Waals surface area contributed by atoms with Gasteiger partial charge < -0.3 is 124 Å². The first kappa shape index (κ1) is 93.9. The van der Waals surface area contributed by atoms with E-state index in [4.69, 9.17) is 34.4 Å². The maximum absolute atomic E-state index is 14.7. The Labute approximate surface area is 614 Å². The highest BCUT2D eigenvalue weighted by atomic mass is 16.4. The summed E-state index contributed by atoms with van der Waals surface area (Å²) in [5, 5.41) is 68.8. The summed E-state index contributed by atoms with van der Waals surface area (Å²) in [4.78, 5) is 226. The van der Waals surface area contributed by atoms with E-state index in [1.54, 1.807) is 27.7 Å². The number of rotatable bonds is 53. The van der Waals surface area contributed by atoms with Crippen molar-refractivity contribution in [1.82, 2.24) is 73.8 Å². The number of unbranched alkanes of at least 4 members (excludes halogenated alkanes) is 2. The van der Waals surface area contributed by atoms with Crippen LogP contribution in [0, 0.1) is 17.8 Å². The van der Waals surface area contributed by atoms with Gasteiger partial charge in [0.15, 0.2) is 5.96 Å². The van der Waals surface area contributed by atoms with E-state index in [1.807, 2.05) is 0 Å². The standard InChI is InChI=1S/C65H113N21O20/c1-31(2)25-43(81-52(93)34(7)75-55(96)39(16-11-13-23-67)77-54(95)38(68)15-10-12-22-66)60(101)82-44(27-37-29-72-30-74-37)61(102)78-40(17-14-24-73-65(70)71)56(97)79-41(18-20-47(69)88)57(98)80-42(19-21-48(89)90)58(99)86-51(36(9)87)63(104)85-50(33(5)6)62(103)83-45(28-49(91)92)59(100)76-35(8)53(94)84-46(64(105)106)26-32(3)4/h29-36,38-46,50-51,87H,10-28,66-68H2,1-9H3,(H2,69,88)(H,72,74)(H,75,96)(H,76,100)(H,77,95)(H,78,102)(H,79,97)(H,80,98)(H,81,93)(H,82,101)(H,83,103)(H,84,94)(H,85,104)(H,86,99)(H,89,90)(H,91,92)(H,105,106)(H4,70,71,73). The topological polar surface area (TPSA) is 696 Å². The number of guanidine groups is 1. The number of aliphatic hydroxyl groups is 1. The van der Waals surface area contributed by atoms with Gasteiger partial charge in [-0.05, 0) is 122 Å². The summed E-state index contributed by atoms with van der Waals surface area (Å²) in [5.41, 5.74) is 34.2. The second kappa shape index (κ2) is 48.8. The lowest BCUT2D eigenvalue weighted by molar-refractivity contribution is -0.143. The van der Waals surface area contributed by atoms with Gasteiger partial charge >= 0.3 is 17.9 Å². The number of aromatic nitrogens is 2. The first-order valence-electron chi connectivity index (χ1n) is 35.1. The Bertz CT molecular complexity index is 3130. The highest BCUT2D eigenvalue weighted by Gasteiger charge is 2.39. The summed E-state index contributed by atoms with van der Waals surface area (Å²) in [6.07, 6.45) is -1.22. The number of aromatic amines is 1. The van der Waals surface area contributed by atoms with Gasteiger partial charge in [-0.1, -0.05) is 48.0 Å². The molecule has 0 aliphatic heterocycles. The van der Waals surface area contributed by atoms with E-state index in [2.05, 4.69) is 78.8 Å². The van der Waals surface area contributed by atoms with Crippen molar-refractivity contribution < 1.29 is 97.1 Å². The molecule has 0 saturated heterocycles. The lowest BCUT2D eigenvalue weighted by Crippen LogP contribution is -2.62. The number of imidazole rings is 1. The summed E-state index contributed by atoms with van der Waals surface area (Å²) < 4.78 is 0. The normalized spacial score (nSPS) is 15.2. The van der Waals surface area contributed by atoms with Crippen LogP contribution in [0.15, 0.2) is 17.5 Å². The van der Waals surface area contributed by atoms with E-state index in [9.17, 15) is 97.1 Å². The minimum absolute atomic E-state index is 0.0214. The molecular weight excluding hydrogens is 1390 g/mol. The highest BCUT2D eigenvalue weighted by Crippen LogP contribution is 2.14. The van der Waals surface area contributed by atoms with E-state index in [1.165, 1.54) is 40.2 Å². The number of carboxylic acids is 3. The monoisotopic (exact) mass is 1510 g/mol. The van der Waals surface area contributed by atoms with Crippen molar-refractivity contribution in [2.24, 2.45) is 57.1 Å². The van der Waals surface area contributed by atoms with Gasteiger partial charge in [0.25, 0.3) is 0 Å². The van der Waals surface area contributed by atoms with Crippen molar-refractivity contribution in [3.05, 3.63) is 18.2 Å². The van der Waals surface area contributed by atoms with Gasteiger partial charge in [0.2, 0.25) is 76.8 Å². The van der Waals surface area contributed by atoms with Crippen LogP contribution in [0.4, 0.5) is 0 Å². The number of aliphatic imine (C=N–C) groups is 1. The van der Waals surface area contributed by atoms with Crippen LogP contribution in [0.5, 0.6) is 0 Å². The zero-order chi connectivity index (χ0) is 80.7. The van der Waals surface area contributed by atoms with Gasteiger partial charge in [-0.25, -0.2) is 9.78 Å². The molecule has 13 amide bonds. The number of carbonyl (C=O) groups excluding carboxylic acids is 13. The molecule has 1 heterocycles. The fourth-order valence-corrected chi connectivity index (χ4v) is 10.3. The number of nitrogens with one attached hydrogen (secondary N) is 13. The van der Waals surface area contributed by atoms with Crippen LogP contribution < -0.4 is 98.2 Å². The minimum atomic E-state index is -2.03. The SMILES string of the molecule is CC(C)CC(NC(=O)C(C)NC(=O)C(CC(=O)O)NC(=O)C(NC(=O)C(NC(=O)C(CCC(=O)O)NC(=O)C(CCC(N)=O)NC(=O)C(CCCN=C(N)N)NC(=O)C(Cc1cnc[nH]1)NC(=O)C(CC(C)C)NC(=O)C(C)NC(=O)C(CCCCN)NC(=O)C(N)CCCCN)C(C)O)C(C)C)C(=O)O. The van der Waals surface area contributed by atoms with E-state index >= 15 is 0 Å². The predicted octanol–water partition coefficient (Wildman–Crippen LogP) is -6.73. The molecule has 14 unspecified atom stereocenters. The Balaban J connectivity index is 3.69. The lowest BCUT2D eigenvalue weighted by atomic mass is 10.0. The quantitative estimate of drug-likeness (QED) is 0.0164. The molecule has 0 aliphatic carbocycles. The maximum atomic E-state index is 14.7. The second-order valence-electron chi connectivity index (χ2n) is 26.9. The summed E-state index contributed by atoms with van der Waals surface area (Å²) in [7, 11) is 0. The van der Waals surface area contributed by atoms with E-state index < -0.39 is 217 Å². The molecule has 29 N–H and O–H groups in total. The van der Waals surface area contributed by atoms with Gasteiger partial charge in [0.05, 0.1) is 24.9 Å². The van der Waals surface area contributed by atoms with Crippen LogP contribution in [0.3, 0.4) is 0 Å². The third-order valence-electron chi connectivity index (χ3n) is 16.2. The summed E-state index contributed by atoms with van der Waals surface area (Å²) in [6, 6.07) is -20.2. The molecule has 1 aromatic rings. The average Bonchev–Trinajstić information content (AvgIpc) is 1.11. The van der Waals surface area contributed by atoms with E-state index in [0.717, 1.165) is 6.92 Å². The summed E-state index contributed by atoms with van der Waals surface area (Å²) in [6.45, 7) is 13.8. The van der Waals surface area contributed by atoms with Crippen molar-refractivity contribution in [2.75, 3.05) is 19.6 Å². The van der Waals surface area contributed by atoms with Crippen LogP contribution in [0.1, 0.15) is 164 Å². The van der Waals surface area contributed by atoms with Crippen molar-refractivity contribution >= 4 is 101 Å². The molecule has 0 fully saturated rings. The van der Waals surface area contributed by atoms with Crippen LogP contribution in [0.2, 0.25) is 0 Å². The van der Waals surface area contributed by atoms with Crippen LogP contribution in [-0.2, 0) is 83.1 Å². The Kier molecular flexibility index (Phi) is 43.2. The summed E-state index contributed by atoms with van der Waals surface area (Å²) in [5.74, 6) is -19.6. The molecule has 0 aromatic carbocycles. The second-order valence-corrected chi connectivity index (χ2v) is 26.9. The molecule has 0 aliphatic rings. The smallest absolute Gasteiger partial charge is 0.326 e. The molecule has 0 radical (unpaired) electrons. The molecule has 1 aromatic heterocycles. The van der Waals surface area contributed by atoms with Gasteiger partial charge in [-0.3, -0.25) is 76.9 Å². The third kappa shape index (κ3) is 37.0. The van der Waals surface area contributed by atoms with Gasteiger partial charge in [-0.15, -0.1) is 0 Å². The number of hydrogen-bond acceptors (Lipinski definition) is 22. The first-order valence-corrected chi connectivity index (χ1v) is 35.1. The number of hydrogen-bond donors (Lipinski definition) is 23. The Morgan fingerprint density at radius 3 is 1.31 bits per heavy atom. The molecule has 41 heteroatoms. The fourth-order valence-electron chi connectivity index (χ4n) is 10.3. The number of carboxylic acid groups (broad SMARTS) is 3. The average molecular weight is 1510 g/mol. The number of carbonyl (C=O) groups is 16. The molecule has 598 valence electrons. The molecule has 14 atom stereocenters. The Morgan fingerprint density at radius 1 is 0.443 bits per heavy atom. The number of amides is 13. The highest BCUT2D eigenvalue weighted by molar-refractivity contribution is 6.00. The van der Waals surface area contributed by atoms with Gasteiger partial charge in [0, 0.05) is 37.7 Å². The molecule has 0 bridgehead atoms. The van der Waals surface area contributed by atoms with E-state index in [0.29, 0.717) is 45.2 Å². The van der Waals surface area contributed by atoms with E-state index in [-0.39, 0.29) is 68.6 Å². The largest absolute Gasteiger partial charge is 0.481 e. The van der Waals surface area contributed by atoms with Crippen molar-refractivity contribution in [3.63, 3.8) is 0 Å². The molecule has 0 saturated carbocycles. The first-order chi connectivity index (χ1) is 49.6. The molecule has 41 nitrogen and oxygen atoms in total. The molecule has 1 rings (SSSR count). The minimum Gasteiger partial charge on any atom is -0.481 e. The number of H-pyrrole nitrogens is 1. The van der Waals surface area contributed by atoms with Crippen LogP contribution >= 0.6 is 0 Å². The van der Waals surface area contributed by atoms with Gasteiger partial charge in [-0.2, -0.15) is 0 Å². The Morgan fingerprint density at radius 2 is 0.849 bits per heavy atom. The zero-order valence-corrected chi connectivity index (χ0v) is 61.6. The van der Waals surface area contributed by atoms with Crippen molar-refractivity contribution in [2.45, 2.75) is 250 Å². The number of aliphatic hydroxyl groups excluding tert-OH is 1. The fraction of sp³-hybridized carbons (Fsp3) is 0.692. The maximum Gasteiger partial charge on any atom is 0.326 e. The third-order valence-corrected chi connectivity index (χ3v) is 16.2. The van der Waals surface area contributed by atoms with Gasteiger partial charge in [0.1, 0.15) is 72.5 Å². The Hall–Kier alpha value is -10.2. The molecule has 0 spiro atoms. The predicted molar refractivity (Wildman–Crippen MR) is 381 cm³/mol. The number of primary amides is 1. The van der Waals surface area contributed by atoms with Crippen molar-refractivity contribution in [3.8, 4) is 0 Å². The van der Waals surface area contributed by atoms with Crippen LogP contribution in [-0.4, -0.2) is 235 Å². The number of nitrogens with two attached hydrogens (primary N) is 6. The molecular formula is C65H113N21O20. The number of aliphatic carboxylic acids is 3.